The summed E-state index contributed by atoms with van der Waals surface area (Å²) in [4.78, 5) is 24.2. The highest BCUT2D eigenvalue weighted by Gasteiger charge is 2.15. The Morgan fingerprint density at radius 2 is 1.62 bits per heavy atom. The number of nitrogens with one attached hydrogen (secondary N) is 2. The van der Waals surface area contributed by atoms with E-state index in [9.17, 15) is 4.79 Å². The Labute approximate surface area is 199 Å². The van der Waals surface area contributed by atoms with Crippen LogP contribution in [-0.4, -0.2) is 38.7 Å². The van der Waals surface area contributed by atoms with E-state index < -0.39 is 0 Å². The van der Waals surface area contributed by atoms with Gasteiger partial charge < -0.3 is 15.5 Å². The van der Waals surface area contributed by atoms with E-state index in [0.29, 0.717) is 17.2 Å². The summed E-state index contributed by atoms with van der Waals surface area (Å²) in [6, 6.07) is 19.2. The van der Waals surface area contributed by atoms with Crippen LogP contribution in [0.5, 0.6) is 0 Å². The Balaban J connectivity index is 1.45. The number of aryl methyl sites for hydroxylation is 1. The van der Waals surface area contributed by atoms with Crippen molar-refractivity contribution in [3.63, 3.8) is 0 Å². The van der Waals surface area contributed by atoms with Gasteiger partial charge in [-0.25, -0.2) is 9.67 Å². The molecule has 2 heterocycles. The maximum Gasteiger partial charge on any atom is 0.259 e. The fourth-order valence-electron chi connectivity index (χ4n) is 3.74. The second-order valence-electron chi connectivity index (χ2n) is 7.91. The number of carbonyl (C=O) groups excluding carboxylic acids is 1. The first kappa shape index (κ1) is 23.0. The summed E-state index contributed by atoms with van der Waals surface area (Å²) in [7, 11) is 0. The molecular formula is C26H29N7O. The van der Waals surface area contributed by atoms with E-state index >= 15 is 0 Å². The van der Waals surface area contributed by atoms with Gasteiger partial charge in [-0.3, -0.25) is 4.79 Å². The monoisotopic (exact) mass is 455 g/mol. The van der Waals surface area contributed by atoms with Crippen molar-refractivity contribution in [3.05, 3.63) is 83.8 Å². The molecule has 0 bridgehead atoms. The summed E-state index contributed by atoms with van der Waals surface area (Å²) in [6.45, 7) is 9.82. The molecular weight excluding hydrogens is 426 g/mol. The third-order valence-electron chi connectivity index (χ3n) is 5.58. The molecule has 1 amide bonds. The summed E-state index contributed by atoms with van der Waals surface area (Å²) in [5, 5.41) is 10.6. The lowest BCUT2D eigenvalue weighted by Crippen LogP contribution is -2.23. The molecule has 2 aromatic carbocycles. The first-order valence-corrected chi connectivity index (χ1v) is 11.4. The smallest absolute Gasteiger partial charge is 0.259 e. The van der Waals surface area contributed by atoms with Crippen LogP contribution in [0.25, 0.3) is 5.69 Å². The lowest BCUT2D eigenvalue weighted by atomic mass is 10.2. The Hall–Kier alpha value is -4.20. The number of carbonyl (C=O) groups is 1. The molecule has 0 saturated heterocycles. The molecule has 2 N–H and O–H groups in total. The largest absolute Gasteiger partial charge is 0.357 e. The summed E-state index contributed by atoms with van der Waals surface area (Å²) in [5.41, 5.74) is 4.65. The average molecular weight is 456 g/mol. The normalized spacial score (nSPS) is 10.7. The van der Waals surface area contributed by atoms with Crippen LogP contribution in [0, 0.1) is 13.8 Å². The Kier molecular flexibility index (Phi) is 6.87. The van der Waals surface area contributed by atoms with E-state index in [-0.39, 0.29) is 5.91 Å². The average Bonchev–Trinajstić information content (AvgIpc) is 3.23. The van der Waals surface area contributed by atoms with Crippen LogP contribution in [0.4, 0.5) is 23.1 Å². The first-order chi connectivity index (χ1) is 16.5. The standard InChI is InChI=1S/C26H29N7O/c1-5-32(6-2)24-16-18(3)28-26(31-24)30-21-14-12-20(13-15-21)29-25(34)23-17-27-33(19(23)4)22-10-8-7-9-11-22/h7-17H,5-6H2,1-4H3,(H,29,34)(H,28,30,31). The molecule has 0 fully saturated rings. The zero-order valence-corrected chi connectivity index (χ0v) is 19.9. The van der Waals surface area contributed by atoms with Crippen molar-refractivity contribution in [2.75, 3.05) is 28.6 Å². The van der Waals surface area contributed by atoms with Crippen molar-refractivity contribution in [3.8, 4) is 5.69 Å². The van der Waals surface area contributed by atoms with E-state index in [0.717, 1.165) is 41.7 Å². The maximum atomic E-state index is 12.8. The number of hydrogen-bond donors (Lipinski definition) is 2. The second kappa shape index (κ2) is 10.2. The predicted octanol–water partition coefficient (Wildman–Crippen LogP) is 5.12. The highest BCUT2D eigenvalue weighted by molar-refractivity contribution is 6.05. The summed E-state index contributed by atoms with van der Waals surface area (Å²) < 4.78 is 1.76. The van der Waals surface area contributed by atoms with Gasteiger partial charge in [-0.1, -0.05) is 18.2 Å². The van der Waals surface area contributed by atoms with Crippen LogP contribution < -0.4 is 15.5 Å². The Morgan fingerprint density at radius 1 is 0.941 bits per heavy atom. The number of aromatic nitrogens is 4. The van der Waals surface area contributed by atoms with Crippen molar-refractivity contribution >= 4 is 29.0 Å². The molecule has 0 saturated carbocycles. The lowest BCUT2D eigenvalue weighted by Gasteiger charge is -2.20. The van der Waals surface area contributed by atoms with Gasteiger partial charge in [0.25, 0.3) is 5.91 Å². The number of para-hydroxylation sites is 1. The van der Waals surface area contributed by atoms with Crippen molar-refractivity contribution in [1.29, 1.82) is 0 Å². The van der Waals surface area contributed by atoms with Gasteiger partial charge in [-0.2, -0.15) is 10.1 Å². The van der Waals surface area contributed by atoms with Gasteiger partial charge in [-0.05, 0) is 64.1 Å². The number of hydrogen-bond acceptors (Lipinski definition) is 6. The number of anilines is 4. The van der Waals surface area contributed by atoms with E-state index in [1.807, 2.05) is 74.5 Å². The van der Waals surface area contributed by atoms with E-state index in [1.165, 1.54) is 0 Å². The molecule has 0 spiro atoms. The van der Waals surface area contributed by atoms with Crippen LogP contribution >= 0.6 is 0 Å². The van der Waals surface area contributed by atoms with Gasteiger partial charge in [0.15, 0.2) is 0 Å². The fraction of sp³-hybridized carbons (Fsp3) is 0.231. The fourth-order valence-corrected chi connectivity index (χ4v) is 3.74. The van der Waals surface area contributed by atoms with Gasteiger partial charge >= 0.3 is 0 Å². The molecule has 0 unspecified atom stereocenters. The van der Waals surface area contributed by atoms with Gasteiger partial charge in [0.1, 0.15) is 5.82 Å². The highest BCUT2D eigenvalue weighted by atomic mass is 16.1. The molecule has 174 valence electrons. The lowest BCUT2D eigenvalue weighted by molar-refractivity contribution is 0.102. The van der Waals surface area contributed by atoms with Crippen molar-refractivity contribution in [2.45, 2.75) is 27.7 Å². The van der Waals surface area contributed by atoms with Crippen molar-refractivity contribution < 1.29 is 4.79 Å². The number of amides is 1. The Morgan fingerprint density at radius 3 is 2.29 bits per heavy atom. The van der Waals surface area contributed by atoms with Crippen LogP contribution in [0.2, 0.25) is 0 Å². The molecule has 2 aromatic heterocycles. The van der Waals surface area contributed by atoms with Gasteiger partial charge in [0.05, 0.1) is 23.1 Å². The van der Waals surface area contributed by atoms with E-state index in [4.69, 9.17) is 0 Å². The van der Waals surface area contributed by atoms with E-state index in [1.54, 1.807) is 10.9 Å². The summed E-state index contributed by atoms with van der Waals surface area (Å²) in [5.74, 6) is 1.24. The predicted molar refractivity (Wildman–Crippen MR) is 136 cm³/mol. The zero-order chi connectivity index (χ0) is 24.1. The third-order valence-corrected chi connectivity index (χ3v) is 5.58. The molecule has 4 aromatic rings. The molecule has 0 radical (unpaired) electrons. The van der Waals surface area contributed by atoms with Gasteiger partial charge in [0.2, 0.25) is 5.95 Å². The van der Waals surface area contributed by atoms with Gasteiger partial charge in [0, 0.05) is 36.2 Å². The topological polar surface area (TPSA) is 88.0 Å². The summed E-state index contributed by atoms with van der Waals surface area (Å²) >= 11 is 0. The highest BCUT2D eigenvalue weighted by Crippen LogP contribution is 2.21. The molecule has 0 atom stereocenters. The second-order valence-corrected chi connectivity index (χ2v) is 7.91. The Bertz CT molecular complexity index is 1260. The number of benzene rings is 2. The number of rotatable bonds is 8. The van der Waals surface area contributed by atoms with Crippen molar-refractivity contribution in [2.24, 2.45) is 0 Å². The molecule has 0 aliphatic carbocycles. The molecule has 8 nitrogen and oxygen atoms in total. The molecule has 4 rings (SSSR count). The SMILES string of the molecule is CCN(CC)c1cc(C)nc(Nc2ccc(NC(=O)c3cnn(-c4ccccc4)c3C)cc2)n1. The summed E-state index contributed by atoms with van der Waals surface area (Å²) in [6.07, 6.45) is 1.59. The minimum absolute atomic E-state index is 0.203. The van der Waals surface area contributed by atoms with Crippen molar-refractivity contribution in [1.82, 2.24) is 19.7 Å². The molecule has 34 heavy (non-hydrogen) atoms. The third kappa shape index (κ3) is 5.06. The quantitative estimate of drug-likeness (QED) is 0.383. The maximum absolute atomic E-state index is 12.8. The number of nitrogens with zero attached hydrogens (tertiary/aromatic N) is 5. The first-order valence-electron chi connectivity index (χ1n) is 11.4. The van der Waals surface area contributed by atoms with Crippen LogP contribution in [-0.2, 0) is 0 Å². The minimum atomic E-state index is -0.203. The molecule has 8 heteroatoms. The van der Waals surface area contributed by atoms with Crippen LogP contribution in [0.15, 0.2) is 66.9 Å². The van der Waals surface area contributed by atoms with E-state index in [2.05, 4.69) is 44.4 Å². The molecule has 0 aliphatic heterocycles. The van der Waals surface area contributed by atoms with Gasteiger partial charge in [-0.15, -0.1) is 0 Å². The molecule has 0 aliphatic rings. The minimum Gasteiger partial charge on any atom is -0.357 e. The van der Waals surface area contributed by atoms with Crippen LogP contribution in [0.1, 0.15) is 35.6 Å². The zero-order valence-electron chi connectivity index (χ0n) is 19.9. The van der Waals surface area contributed by atoms with Crippen LogP contribution in [0.3, 0.4) is 0 Å².